The lowest BCUT2D eigenvalue weighted by Crippen LogP contribution is -2.00. The Labute approximate surface area is 98.3 Å². The minimum atomic E-state index is -1.17. The van der Waals surface area contributed by atoms with Crippen molar-refractivity contribution < 1.29 is 14.5 Å². The van der Waals surface area contributed by atoms with Crippen molar-refractivity contribution in [3.05, 3.63) is 23.0 Å². The molecule has 7 nitrogen and oxygen atoms in total. The molecule has 17 heavy (non-hydrogen) atoms. The van der Waals surface area contributed by atoms with Crippen LogP contribution in [0.1, 0.15) is 15.4 Å². The Morgan fingerprint density at radius 1 is 1.53 bits per heavy atom. The van der Waals surface area contributed by atoms with Gasteiger partial charge in [0.15, 0.2) is 10.7 Å². The number of thiazole rings is 1. The van der Waals surface area contributed by atoms with E-state index < -0.39 is 5.97 Å². The molecule has 0 saturated heterocycles. The maximum Gasteiger partial charge on any atom is 0.360 e. The summed E-state index contributed by atoms with van der Waals surface area (Å²) in [5, 5.41) is 16.0. The molecule has 0 bridgehead atoms. The number of fused-ring (bicyclic) bond motifs is 1. The summed E-state index contributed by atoms with van der Waals surface area (Å²) in [6.45, 7) is 1.87. The lowest BCUT2D eigenvalue weighted by atomic mass is 10.2. The van der Waals surface area contributed by atoms with Gasteiger partial charge in [-0.1, -0.05) is 0 Å². The molecule has 0 spiro atoms. The van der Waals surface area contributed by atoms with Crippen LogP contribution < -0.4 is 0 Å². The molecule has 0 aliphatic carbocycles. The molecule has 0 aromatic carbocycles. The van der Waals surface area contributed by atoms with Crippen LogP contribution in [0.5, 0.6) is 0 Å². The summed E-state index contributed by atoms with van der Waals surface area (Å²) in [4.78, 5) is 16.8. The normalized spacial score (nSPS) is 11.1. The lowest BCUT2D eigenvalue weighted by molar-refractivity contribution is 0.0685. The van der Waals surface area contributed by atoms with Crippen molar-refractivity contribution >= 4 is 22.3 Å². The molecule has 0 saturated carbocycles. The second-order valence-electron chi connectivity index (χ2n) is 3.35. The number of nitrogens with zero attached hydrogens (tertiary/aromatic N) is 4. The second kappa shape index (κ2) is 3.39. The molecule has 3 aromatic heterocycles. The van der Waals surface area contributed by atoms with Gasteiger partial charge < -0.3 is 5.11 Å². The van der Waals surface area contributed by atoms with Crippen molar-refractivity contribution in [1.29, 1.82) is 0 Å². The molecular formula is C9H6N4O3S. The van der Waals surface area contributed by atoms with Gasteiger partial charge in [0.2, 0.25) is 5.69 Å². The third-order valence-electron chi connectivity index (χ3n) is 2.34. The number of imidazole rings is 1. The van der Waals surface area contributed by atoms with Crippen molar-refractivity contribution in [1.82, 2.24) is 19.7 Å². The average Bonchev–Trinajstić information content (AvgIpc) is 2.91. The predicted octanol–water partition coefficient (Wildman–Crippen LogP) is 1.45. The van der Waals surface area contributed by atoms with Crippen LogP contribution in [0.2, 0.25) is 0 Å². The number of aryl methyl sites for hydroxylation is 1. The van der Waals surface area contributed by atoms with Gasteiger partial charge in [0.25, 0.3) is 0 Å². The summed E-state index contributed by atoms with van der Waals surface area (Å²) in [5.41, 5.74) is 0.682. The number of carboxylic acid groups (broad SMARTS) is 1. The van der Waals surface area contributed by atoms with E-state index >= 15 is 0 Å². The largest absolute Gasteiger partial charge is 0.476 e. The Morgan fingerprint density at radius 3 is 3.12 bits per heavy atom. The summed E-state index contributed by atoms with van der Waals surface area (Å²) in [7, 11) is 0. The molecule has 86 valence electrons. The summed E-state index contributed by atoms with van der Waals surface area (Å²) in [6.07, 6.45) is 3.39. The Hall–Kier alpha value is -2.22. The van der Waals surface area contributed by atoms with E-state index in [0.29, 0.717) is 5.69 Å². The highest BCUT2D eigenvalue weighted by Gasteiger charge is 2.23. The molecule has 8 heteroatoms. The van der Waals surface area contributed by atoms with Crippen LogP contribution in [0.3, 0.4) is 0 Å². The molecule has 0 aliphatic rings. The highest BCUT2D eigenvalue weighted by Crippen LogP contribution is 2.30. The fraction of sp³-hybridized carbons (Fsp3) is 0.111. The number of rotatable bonds is 2. The standard InChI is InChI=1S/C9H6N4O3S/c1-4-7(13-3-2-10-9(13)17-4)5-6(8(14)15)12-16-11-5/h2-3H,1H3,(H,14,15). The minimum Gasteiger partial charge on any atom is -0.476 e. The van der Waals surface area contributed by atoms with Gasteiger partial charge in [-0.3, -0.25) is 4.40 Å². The number of carboxylic acids is 1. The molecule has 0 amide bonds. The predicted molar refractivity (Wildman–Crippen MR) is 58.1 cm³/mol. The quantitative estimate of drug-likeness (QED) is 0.739. The lowest BCUT2D eigenvalue weighted by Gasteiger charge is -1.96. The zero-order valence-electron chi connectivity index (χ0n) is 8.62. The van der Waals surface area contributed by atoms with Gasteiger partial charge in [0, 0.05) is 17.3 Å². The molecule has 3 rings (SSSR count). The number of carbonyl (C=O) groups is 1. The molecule has 0 fully saturated rings. The van der Waals surface area contributed by atoms with Crippen LogP contribution in [0.25, 0.3) is 16.3 Å². The molecule has 1 N–H and O–H groups in total. The van der Waals surface area contributed by atoms with Crippen LogP contribution in [0.4, 0.5) is 0 Å². The van der Waals surface area contributed by atoms with Gasteiger partial charge in [0.05, 0.1) is 5.69 Å². The Balaban J connectivity index is 2.33. The topological polar surface area (TPSA) is 93.5 Å². The molecular weight excluding hydrogens is 244 g/mol. The van der Waals surface area contributed by atoms with Gasteiger partial charge in [-0.2, -0.15) is 0 Å². The first-order valence-electron chi connectivity index (χ1n) is 4.67. The molecule has 0 aliphatic heterocycles. The van der Waals surface area contributed by atoms with E-state index in [-0.39, 0.29) is 11.4 Å². The van der Waals surface area contributed by atoms with Gasteiger partial charge in [-0.05, 0) is 17.2 Å². The van der Waals surface area contributed by atoms with Crippen LogP contribution in [0.15, 0.2) is 17.0 Å². The number of hydrogen-bond acceptors (Lipinski definition) is 6. The Kier molecular flexibility index (Phi) is 1.99. The number of aromatic nitrogens is 4. The smallest absolute Gasteiger partial charge is 0.360 e. The van der Waals surface area contributed by atoms with Crippen molar-refractivity contribution in [2.24, 2.45) is 0 Å². The van der Waals surface area contributed by atoms with Gasteiger partial charge in [-0.15, -0.1) is 11.3 Å². The molecule has 0 unspecified atom stereocenters. The van der Waals surface area contributed by atoms with Crippen molar-refractivity contribution in [3.8, 4) is 11.4 Å². The first-order valence-corrected chi connectivity index (χ1v) is 5.49. The molecule has 0 atom stereocenters. The Bertz CT molecular complexity index is 711. The third kappa shape index (κ3) is 1.34. The fourth-order valence-electron chi connectivity index (χ4n) is 1.66. The summed E-state index contributed by atoms with van der Waals surface area (Å²) in [5.74, 6) is -1.17. The van der Waals surface area contributed by atoms with E-state index in [1.165, 1.54) is 11.3 Å². The number of aromatic carboxylic acids is 1. The van der Waals surface area contributed by atoms with Crippen LogP contribution in [-0.4, -0.2) is 30.8 Å². The van der Waals surface area contributed by atoms with E-state index in [4.69, 9.17) is 5.11 Å². The van der Waals surface area contributed by atoms with Crippen molar-refractivity contribution in [2.75, 3.05) is 0 Å². The van der Waals surface area contributed by atoms with Gasteiger partial charge in [-0.25, -0.2) is 14.4 Å². The monoisotopic (exact) mass is 250 g/mol. The van der Waals surface area contributed by atoms with E-state index in [1.54, 1.807) is 16.8 Å². The highest BCUT2D eigenvalue weighted by molar-refractivity contribution is 7.17. The summed E-state index contributed by atoms with van der Waals surface area (Å²) < 4.78 is 6.27. The van der Waals surface area contributed by atoms with Crippen LogP contribution in [-0.2, 0) is 0 Å². The van der Waals surface area contributed by atoms with E-state index in [9.17, 15) is 4.79 Å². The number of hydrogen-bond donors (Lipinski definition) is 1. The van der Waals surface area contributed by atoms with Crippen LogP contribution >= 0.6 is 11.3 Å². The molecule has 3 heterocycles. The molecule has 0 radical (unpaired) electrons. The molecule has 3 aromatic rings. The van der Waals surface area contributed by atoms with E-state index in [1.807, 2.05) is 6.92 Å². The van der Waals surface area contributed by atoms with Gasteiger partial charge >= 0.3 is 5.97 Å². The Morgan fingerprint density at radius 2 is 2.35 bits per heavy atom. The first kappa shape index (κ1) is 9.97. The maximum absolute atomic E-state index is 11.0. The second-order valence-corrected chi connectivity index (χ2v) is 4.53. The third-order valence-corrected chi connectivity index (χ3v) is 3.33. The highest BCUT2D eigenvalue weighted by atomic mass is 32.1. The van der Waals surface area contributed by atoms with E-state index in [2.05, 4.69) is 19.9 Å². The summed E-state index contributed by atoms with van der Waals surface area (Å²) >= 11 is 1.45. The van der Waals surface area contributed by atoms with Gasteiger partial charge in [0.1, 0.15) is 0 Å². The first-order chi connectivity index (χ1) is 8.18. The average molecular weight is 250 g/mol. The summed E-state index contributed by atoms with van der Waals surface area (Å²) in [6, 6.07) is 0. The maximum atomic E-state index is 11.0. The minimum absolute atomic E-state index is 0.193. The zero-order chi connectivity index (χ0) is 12.0. The zero-order valence-corrected chi connectivity index (χ0v) is 9.43. The van der Waals surface area contributed by atoms with E-state index in [0.717, 1.165) is 9.84 Å². The van der Waals surface area contributed by atoms with Crippen molar-refractivity contribution in [3.63, 3.8) is 0 Å². The van der Waals surface area contributed by atoms with Crippen molar-refractivity contribution in [2.45, 2.75) is 6.92 Å². The SMILES string of the molecule is Cc1sc2nccn2c1-c1nonc1C(=O)O. The fourth-order valence-corrected chi connectivity index (χ4v) is 2.59. The van der Waals surface area contributed by atoms with Crippen LogP contribution in [0, 0.1) is 6.92 Å².